The Morgan fingerprint density at radius 3 is 2.42 bits per heavy atom. The Morgan fingerprint density at radius 2 is 1.76 bits per heavy atom. The Hall–Kier alpha value is -4.04. The molecule has 0 fully saturated rings. The second kappa shape index (κ2) is 10.0. The molecule has 8 heteroatoms. The van der Waals surface area contributed by atoms with Gasteiger partial charge in [0.15, 0.2) is 4.80 Å². The van der Waals surface area contributed by atoms with Gasteiger partial charge in [-0.3, -0.25) is 9.36 Å². The number of thiazole rings is 1. The van der Waals surface area contributed by atoms with E-state index < -0.39 is 12.0 Å². The smallest absolute Gasteiger partial charge is 0.338 e. The second-order valence-electron chi connectivity index (χ2n) is 9.35. The first-order valence-corrected chi connectivity index (χ1v) is 13.2. The van der Waals surface area contributed by atoms with Crippen LogP contribution in [0.3, 0.4) is 0 Å². The molecule has 1 aliphatic heterocycles. The molecule has 4 aromatic rings. The summed E-state index contributed by atoms with van der Waals surface area (Å²) < 4.78 is 23.0. The van der Waals surface area contributed by atoms with Gasteiger partial charge in [0.1, 0.15) is 5.82 Å². The summed E-state index contributed by atoms with van der Waals surface area (Å²) in [5.74, 6) is -0.769. The number of nitrogens with zero attached hydrogens (tertiary/aromatic N) is 3. The first-order chi connectivity index (χ1) is 18.2. The van der Waals surface area contributed by atoms with E-state index in [-0.39, 0.29) is 18.0 Å². The first-order valence-electron chi connectivity index (χ1n) is 12.4. The van der Waals surface area contributed by atoms with E-state index in [1.807, 2.05) is 61.7 Å². The lowest BCUT2D eigenvalue weighted by molar-refractivity contribution is -0.139. The Morgan fingerprint density at radius 1 is 1.08 bits per heavy atom. The third-order valence-electron chi connectivity index (χ3n) is 6.75. The topological polar surface area (TPSA) is 65.6 Å². The van der Waals surface area contributed by atoms with E-state index in [1.165, 1.54) is 23.5 Å². The van der Waals surface area contributed by atoms with Crippen LogP contribution in [0.15, 0.2) is 75.7 Å². The summed E-state index contributed by atoms with van der Waals surface area (Å²) in [7, 11) is 0. The molecule has 2 aromatic heterocycles. The summed E-state index contributed by atoms with van der Waals surface area (Å²) >= 11 is 1.29. The number of halogens is 1. The molecule has 6 nitrogen and oxygen atoms in total. The molecular formula is C30H28FN3O3S. The Kier molecular flexibility index (Phi) is 6.75. The predicted molar refractivity (Wildman–Crippen MR) is 147 cm³/mol. The highest BCUT2D eigenvalue weighted by Crippen LogP contribution is 2.31. The van der Waals surface area contributed by atoms with Gasteiger partial charge in [-0.2, -0.15) is 0 Å². The number of carbonyl (C=O) groups excluding carboxylic acids is 1. The van der Waals surface area contributed by atoms with Crippen LogP contribution in [-0.4, -0.2) is 21.7 Å². The van der Waals surface area contributed by atoms with Crippen LogP contribution >= 0.6 is 11.3 Å². The summed E-state index contributed by atoms with van der Waals surface area (Å²) in [6.45, 7) is 9.70. The molecular weight excluding hydrogens is 501 g/mol. The number of fused-ring (bicyclic) bond motifs is 1. The number of esters is 1. The Balaban J connectivity index is 1.68. The minimum Gasteiger partial charge on any atom is -0.463 e. The van der Waals surface area contributed by atoms with Gasteiger partial charge in [-0.25, -0.2) is 14.2 Å². The van der Waals surface area contributed by atoms with Crippen LogP contribution in [0, 0.1) is 26.6 Å². The quantitative estimate of drug-likeness (QED) is 0.354. The van der Waals surface area contributed by atoms with Crippen molar-refractivity contribution in [2.24, 2.45) is 4.99 Å². The van der Waals surface area contributed by atoms with E-state index in [4.69, 9.17) is 4.74 Å². The van der Waals surface area contributed by atoms with Crippen LogP contribution in [0.1, 0.15) is 48.0 Å². The third-order valence-corrected chi connectivity index (χ3v) is 7.73. The zero-order valence-electron chi connectivity index (χ0n) is 21.9. The number of hydrogen-bond acceptors (Lipinski definition) is 5. The van der Waals surface area contributed by atoms with E-state index in [0.29, 0.717) is 20.6 Å². The van der Waals surface area contributed by atoms with Crippen LogP contribution < -0.4 is 14.9 Å². The van der Waals surface area contributed by atoms with E-state index >= 15 is 0 Å². The maximum atomic E-state index is 13.9. The van der Waals surface area contributed by atoms with Crippen molar-refractivity contribution in [2.45, 2.75) is 40.7 Å². The van der Waals surface area contributed by atoms with Gasteiger partial charge < -0.3 is 9.30 Å². The van der Waals surface area contributed by atoms with Gasteiger partial charge >= 0.3 is 5.97 Å². The monoisotopic (exact) mass is 529 g/mol. The highest BCUT2D eigenvalue weighted by Gasteiger charge is 2.33. The normalized spacial score (nSPS) is 15.4. The van der Waals surface area contributed by atoms with Crippen LogP contribution in [0.4, 0.5) is 4.39 Å². The number of hydrogen-bond donors (Lipinski definition) is 0. The molecule has 0 aliphatic carbocycles. The summed E-state index contributed by atoms with van der Waals surface area (Å²) in [5.41, 5.74) is 6.19. The highest BCUT2D eigenvalue weighted by molar-refractivity contribution is 7.07. The predicted octanol–water partition coefficient (Wildman–Crippen LogP) is 4.65. The second-order valence-corrected chi connectivity index (χ2v) is 10.4. The molecule has 3 heterocycles. The molecule has 1 atom stereocenters. The molecule has 1 aliphatic rings. The highest BCUT2D eigenvalue weighted by atomic mass is 32.1. The van der Waals surface area contributed by atoms with Crippen LogP contribution in [0.5, 0.6) is 0 Å². The lowest BCUT2D eigenvalue weighted by Gasteiger charge is -2.24. The summed E-state index contributed by atoms with van der Waals surface area (Å²) in [5, 5.41) is 0. The molecule has 0 N–H and O–H groups in total. The van der Waals surface area contributed by atoms with Crippen LogP contribution in [-0.2, 0) is 9.53 Å². The van der Waals surface area contributed by atoms with E-state index in [1.54, 1.807) is 30.5 Å². The van der Waals surface area contributed by atoms with Gasteiger partial charge in [0, 0.05) is 17.1 Å². The maximum absolute atomic E-state index is 13.9. The molecule has 38 heavy (non-hydrogen) atoms. The van der Waals surface area contributed by atoms with Crippen molar-refractivity contribution in [1.82, 2.24) is 9.13 Å². The molecule has 0 unspecified atom stereocenters. The lowest BCUT2D eigenvalue weighted by Crippen LogP contribution is -2.39. The average Bonchev–Trinajstić information content (AvgIpc) is 3.34. The van der Waals surface area contributed by atoms with Crippen molar-refractivity contribution in [3.63, 3.8) is 0 Å². The first kappa shape index (κ1) is 25.6. The largest absolute Gasteiger partial charge is 0.463 e. The molecule has 0 amide bonds. The number of ether oxygens (including phenoxy) is 1. The van der Waals surface area contributed by atoms with Gasteiger partial charge in [-0.15, -0.1) is 0 Å². The zero-order chi connectivity index (χ0) is 27.1. The fourth-order valence-corrected chi connectivity index (χ4v) is 5.96. The molecule has 194 valence electrons. The number of carbonyl (C=O) groups is 1. The number of allylic oxidation sites excluding steroid dienone is 1. The minimum absolute atomic E-state index is 0.222. The van der Waals surface area contributed by atoms with E-state index in [2.05, 4.69) is 4.99 Å². The number of aromatic nitrogens is 2. The van der Waals surface area contributed by atoms with E-state index in [0.717, 1.165) is 33.8 Å². The molecule has 2 aromatic carbocycles. The van der Waals surface area contributed by atoms with Gasteiger partial charge in [-0.05, 0) is 82.2 Å². The van der Waals surface area contributed by atoms with Crippen molar-refractivity contribution in [1.29, 1.82) is 0 Å². The standard InChI is InChI=1S/C30H28FN3O3S/c1-6-37-29(36)26-19(4)32-30-34(27(26)21-9-7-17(2)8-10-21)28(35)25(38-30)16-22-15-18(3)33(20(22)5)24-13-11-23(31)12-14-24/h7-16,27H,6H2,1-5H3/b25-16-/t27-/m1/s1. The molecule has 0 spiro atoms. The van der Waals surface area contributed by atoms with Gasteiger partial charge in [0.2, 0.25) is 0 Å². The molecule has 0 saturated carbocycles. The van der Waals surface area contributed by atoms with Gasteiger partial charge in [-0.1, -0.05) is 41.2 Å². The number of aryl methyl sites for hydroxylation is 2. The molecule has 0 radical (unpaired) electrons. The fourth-order valence-electron chi connectivity index (χ4n) is 4.92. The van der Waals surface area contributed by atoms with Crippen LogP contribution in [0.25, 0.3) is 11.8 Å². The van der Waals surface area contributed by atoms with Crippen molar-refractivity contribution >= 4 is 23.4 Å². The number of rotatable bonds is 5. The van der Waals surface area contributed by atoms with Gasteiger partial charge in [0.05, 0.1) is 28.5 Å². The average molecular weight is 530 g/mol. The summed E-state index contributed by atoms with van der Waals surface area (Å²) in [6, 6.07) is 15.5. The van der Waals surface area contributed by atoms with Gasteiger partial charge in [0.25, 0.3) is 5.56 Å². The minimum atomic E-state index is -0.639. The van der Waals surface area contributed by atoms with Crippen molar-refractivity contribution in [3.05, 3.63) is 119 Å². The van der Waals surface area contributed by atoms with Crippen LogP contribution in [0.2, 0.25) is 0 Å². The third kappa shape index (κ3) is 4.45. The lowest BCUT2D eigenvalue weighted by atomic mass is 9.95. The Bertz CT molecular complexity index is 1760. The zero-order valence-corrected chi connectivity index (χ0v) is 22.7. The summed E-state index contributed by atoms with van der Waals surface area (Å²) in [6.07, 6.45) is 1.86. The van der Waals surface area contributed by atoms with Crippen molar-refractivity contribution in [2.75, 3.05) is 6.61 Å². The molecule has 0 bridgehead atoms. The number of benzene rings is 2. The molecule has 0 saturated heterocycles. The van der Waals surface area contributed by atoms with Crippen molar-refractivity contribution in [3.8, 4) is 5.69 Å². The summed E-state index contributed by atoms with van der Waals surface area (Å²) in [4.78, 5) is 32.1. The SMILES string of the molecule is CCOC(=O)C1=C(C)N=c2s/c(=C\c3cc(C)n(-c4ccc(F)cc4)c3C)c(=O)n2[C@@H]1c1ccc(C)cc1. The van der Waals surface area contributed by atoms with Crippen molar-refractivity contribution < 1.29 is 13.9 Å². The molecule has 5 rings (SSSR count). The fraction of sp³-hybridized carbons (Fsp3) is 0.233. The van der Waals surface area contributed by atoms with E-state index in [9.17, 15) is 14.0 Å². The Labute approximate surface area is 223 Å². The maximum Gasteiger partial charge on any atom is 0.338 e.